The molecule has 2 aliphatic heterocycles. The van der Waals surface area contributed by atoms with Gasteiger partial charge in [-0.15, -0.1) is 0 Å². The number of hydrogen-bond donors (Lipinski definition) is 0. The van der Waals surface area contributed by atoms with Crippen molar-refractivity contribution in [3.05, 3.63) is 71.9 Å². The van der Waals surface area contributed by atoms with Crippen LogP contribution in [0.2, 0.25) is 0 Å². The fourth-order valence-electron chi connectivity index (χ4n) is 5.05. The first-order valence-corrected chi connectivity index (χ1v) is 10.9. The predicted octanol–water partition coefficient (Wildman–Crippen LogP) is 4.41. The zero-order chi connectivity index (χ0) is 18.8. The van der Waals surface area contributed by atoms with Crippen LogP contribution in [0.5, 0.6) is 0 Å². The third-order valence-electron chi connectivity index (χ3n) is 6.73. The Morgan fingerprint density at radius 2 is 1.50 bits per heavy atom. The lowest BCUT2D eigenvalue weighted by atomic mass is 9.90. The highest BCUT2D eigenvalue weighted by Crippen LogP contribution is 2.25. The molecule has 0 atom stereocenters. The van der Waals surface area contributed by atoms with Crippen LogP contribution in [0.15, 0.2) is 60.7 Å². The Bertz CT molecular complexity index is 906. The van der Waals surface area contributed by atoms with E-state index in [-0.39, 0.29) is 0 Å². The summed E-state index contributed by atoms with van der Waals surface area (Å²) < 4.78 is 2.51. The van der Waals surface area contributed by atoms with E-state index in [1.54, 1.807) is 0 Å². The summed E-state index contributed by atoms with van der Waals surface area (Å²) >= 11 is 0. The second-order valence-corrected chi connectivity index (χ2v) is 8.60. The fraction of sp³-hybridized carbons (Fsp3) is 0.440. The highest BCUT2D eigenvalue weighted by molar-refractivity contribution is 5.81. The largest absolute Gasteiger partial charge is 0.342 e. The summed E-state index contributed by atoms with van der Waals surface area (Å²) in [6, 6.07) is 22.2. The molecule has 0 aliphatic carbocycles. The zero-order valence-corrected chi connectivity index (χ0v) is 16.8. The minimum absolute atomic E-state index is 0.865. The van der Waals surface area contributed by atoms with Crippen molar-refractivity contribution in [3.63, 3.8) is 0 Å². The summed E-state index contributed by atoms with van der Waals surface area (Å²) in [7, 11) is 0. The summed E-state index contributed by atoms with van der Waals surface area (Å²) in [4.78, 5) is 5.33. The van der Waals surface area contributed by atoms with Gasteiger partial charge in [-0.2, -0.15) is 0 Å². The maximum absolute atomic E-state index is 2.69. The van der Waals surface area contributed by atoms with Crippen molar-refractivity contribution >= 4 is 10.9 Å². The Labute approximate surface area is 168 Å². The number of likely N-dealkylation sites (tertiary alicyclic amines) is 1. The molecule has 1 saturated heterocycles. The number of hydrogen-bond acceptors (Lipinski definition) is 2. The third-order valence-corrected chi connectivity index (χ3v) is 6.73. The highest BCUT2D eigenvalue weighted by Gasteiger charge is 2.22. The van der Waals surface area contributed by atoms with Gasteiger partial charge in [0, 0.05) is 43.9 Å². The van der Waals surface area contributed by atoms with Crippen LogP contribution >= 0.6 is 0 Å². The Hall–Kier alpha value is -2.10. The Morgan fingerprint density at radius 1 is 0.750 bits per heavy atom. The van der Waals surface area contributed by atoms with Crippen LogP contribution in [0.25, 0.3) is 10.9 Å². The summed E-state index contributed by atoms with van der Waals surface area (Å²) in [6.45, 7) is 8.36. The first-order chi connectivity index (χ1) is 13.8. The molecule has 0 unspecified atom stereocenters. The van der Waals surface area contributed by atoms with Crippen LogP contribution in [0.1, 0.15) is 24.1 Å². The van der Waals surface area contributed by atoms with Crippen molar-refractivity contribution in [1.82, 2.24) is 14.4 Å². The van der Waals surface area contributed by atoms with E-state index >= 15 is 0 Å². The van der Waals surface area contributed by atoms with E-state index in [0.717, 1.165) is 19.0 Å². The first kappa shape index (κ1) is 18.0. The van der Waals surface area contributed by atoms with Gasteiger partial charge in [-0.05, 0) is 61.4 Å². The van der Waals surface area contributed by atoms with Crippen molar-refractivity contribution in [1.29, 1.82) is 0 Å². The number of para-hydroxylation sites is 1. The van der Waals surface area contributed by atoms with E-state index in [4.69, 9.17) is 0 Å². The number of benzene rings is 2. The minimum atomic E-state index is 0.865. The number of aromatic nitrogens is 1. The SMILES string of the molecule is c1ccc(CC2CCN(CCN3CCn4c(cc5ccccc54)C3)CC2)cc1. The summed E-state index contributed by atoms with van der Waals surface area (Å²) in [5.41, 5.74) is 4.39. The van der Waals surface area contributed by atoms with Gasteiger partial charge in [0.25, 0.3) is 0 Å². The lowest BCUT2D eigenvalue weighted by Gasteiger charge is -2.35. The molecule has 2 aliphatic rings. The van der Waals surface area contributed by atoms with Crippen LogP contribution in [-0.2, 0) is 19.5 Å². The second kappa shape index (κ2) is 8.10. The molecule has 146 valence electrons. The van der Waals surface area contributed by atoms with Crippen molar-refractivity contribution in [2.24, 2.45) is 5.92 Å². The maximum atomic E-state index is 2.69. The normalized spacial score (nSPS) is 19.1. The molecule has 1 fully saturated rings. The molecule has 3 heterocycles. The lowest BCUT2D eigenvalue weighted by molar-refractivity contribution is 0.143. The monoisotopic (exact) mass is 373 g/mol. The molecule has 3 aromatic rings. The summed E-state index contributed by atoms with van der Waals surface area (Å²) in [5, 5.41) is 1.39. The molecule has 0 amide bonds. The number of piperidine rings is 1. The highest BCUT2D eigenvalue weighted by atomic mass is 15.2. The van der Waals surface area contributed by atoms with Gasteiger partial charge in [0.1, 0.15) is 0 Å². The van der Waals surface area contributed by atoms with Crippen LogP contribution in [0.4, 0.5) is 0 Å². The van der Waals surface area contributed by atoms with Crippen LogP contribution in [0, 0.1) is 5.92 Å². The Morgan fingerprint density at radius 3 is 2.36 bits per heavy atom. The molecule has 0 radical (unpaired) electrons. The molecular weight excluding hydrogens is 342 g/mol. The molecule has 3 heteroatoms. The molecule has 0 spiro atoms. The molecule has 2 aromatic carbocycles. The van der Waals surface area contributed by atoms with Crippen molar-refractivity contribution in [3.8, 4) is 0 Å². The molecule has 5 rings (SSSR count). The van der Waals surface area contributed by atoms with Gasteiger partial charge in [-0.25, -0.2) is 0 Å². The number of nitrogens with zero attached hydrogens (tertiary/aromatic N) is 3. The van der Waals surface area contributed by atoms with Gasteiger partial charge in [0.15, 0.2) is 0 Å². The van der Waals surface area contributed by atoms with Gasteiger partial charge in [-0.3, -0.25) is 4.90 Å². The van der Waals surface area contributed by atoms with E-state index in [0.29, 0.717) is 0 Å². The van der Waals surface area contributed by atoms with Gasteiger partial charge >= 0.3 is 0 Å². The summed E-state index contributed by atoms with van der Waals surface area (Å²) in [6.07, 6.45) is 3.96. The molecular formula is C25H31N3. The minimum Gasteiger partial charge on any atom is -0.342 e. The topological polar surface area (TPSA) is 11.4 Å². The predicted molar refractivity (Wildman–Crippen MR) is 117 cm³/mol. The van der Waals surface area contributed by atoms with E-state index in [9.17, 15) is 0 Å². The van der Waals surface area contributed by atoms with Crippen LogP contribution in [0.3, 0.4) is 0 Å². The lowest BCUT2D eigenvalue weighted by Crippen LogP contribution is -2.42. The molecule has 0 bridgehead atoms. The standard InChI is InChI=1S/C25H31N3/c1-2-6-21(7-3-1)18-22-10-12-26(13-11-22)14-15-27-16-17-28-24(20-27)19-23-8-4-5-9-25(23)28/h1-9,19,22H,10-18,20H2. The van der Waals surface area contributed by atoms with Crippen LogP contribution < -0.4 is 0 Å². The maximum Gasteiger partial charge on any atom is 0.0483 e. The molecule has 1 aromatic heterocycles. The second-order valence-electron chi connectivity index (χ2n) is 8.60. The van der Waals surface area contributed by atoms with E-state index in [1.807, 2.05) is 0 Å². The van der Waals surface area contributed by atoms with Crippen molar-refractivity contribution in [2.45, 2.75) is 32.4 Å². The molecule has 28 heavy (non-hydrogen) atoms. The number of fused-ring (bicyclic) bond motifs is 3. The molecule has 3 nitrogen and oxygen atoms in total. The van der Waals surface area contributed by atoms with Gasteiger partial charge in [0.05, 0.1) is 0 Å². The molecule has 0 saturated carbocycles. The quantitative estimate of drug-likeness (QED) is 0.656. The van der Waals surface area contributed by atoms with Crippen molar-refractivity contribution in [2.75, 3.05) is 32.7 Å². The average Bonchev–Trinajstić information content (AvgIpc) is 3.12. The Kier molecular flexibility index (Phi) is 5.20. The van der Waals surface area contributed by atoms with E-state index < -0.39 is 0 Å². The number of rotatable bonds is 5. The van der Waals surface area contributed by atoms with Crippen LogP contribution in [-0.4, -0.2) is 47.1 Å². The zero-order valence-electron chi connectivity index (χ0n) is 16.8. The van der Waals surface area contributed by atoms with Gasteiger partial charge in [0.2, 0.25) is 0 Å². The third kappa shape index (κ3) is 3.87. The smallest absolute Gasteiger partial charge is 0.0483 e. The van der Waals surface area contributed by atoms with E-state index in [2.05, 4.69) is 75.0 Å². The van der Waals surface area contributed by atoms with Gasteiger partial charge in [-0.1, -0.05) is 48.5 Å². The van der Waals surface area contributed by atoms with Crippen molar-refractivity contribution < 1.29 is 0 Å². The van der Waals surface area contributed by atoms with Gasteiger partial charge < -0.3 is 9.47 Å². The van der Waals surface area contributed by atoms with E-state index in [1.165, 1.54) is 74.1 Å². The Balaban J connectivity index is 1.10. The first-order valence-electron chi connectivity index (χ1n) is 10.9. The summed E-state index contributed by atoms with van der Waals surface area (Å²) in [5.74, 6) is 0.865. The fourth-order valence-corrected chi connectivity index (χ4v) is 5.05. The molecule has 0 N–H and O–H groups in total. The average molecular weight is 374 g/mol.